The van der Waals surface area contributed by atoms with Gasteiger partial charge in [-0.1, -0.05) is 19.9 Å². The third kappa shape index (κ3) is 5.93. The van der Waals surface area contributed by atoms with Gasteiger partial charge in [0, 0.05) is 27.2 Å². The van der Waals surface area contributed by atoms with Crippen LogP contribution in [-0.2, 0) is 17.9 Å². The molecule has 0 atom stereocenters. The smallest absolute Gasteiger partial charge is 0.319 e. The number of carbonyl (C=O) groups is 2. The predicted molar refractivity (Wildman–Crippen MR) is 116 cm³/mol. The molecule has 0 saturated carbocycles. The molecular weight excluding hydrogens is 398 g/mol. The molecule has 0 saturated heterocycles. The summed E-state index contributed by atoms with van der Waals surface area (Å²) < 4.78 is 16.5. The van der Waals surface area contributed by atoms with Crippen LogP contribution in [0.25, 0.3) is 0 Å². The zero-order chi connectivity index (χ0) is 22.5. The SMILES string of the molecule is Cc1ccc(CN(Cc2ccc3c(c2)OCO3)C(=O)CN(CC(C)C)C(=O)N(C)C)o1. The van der Waals surface area contributed by atoms with E-state index in [1.807, 2.05) is 51.1 Å². The molecule has 0 N–H and O–H groups in total. The molecule has 0 radical (unpaired) electrons. The van der Waals surface area contributed by atoms with E-state index in [-0.39, 0.29) is 31.2 Å². The number of fused-ring (bicyclic) bond motifs is 1. The van der Waals surface area contributed by atoms with Gasteiger partial charge in [0.1, 0.15) is 18.1 Å². The second-order valence-corrected chi connectivity index (χ2v) is 8.40. The number of amides is 3. The van der Waals surface area contributed by atoms with Crippen molar-refractivity contribution in [1.29, 1.82) is 0 Å². The van der Waals surface area contributed by atoms with E-state index in [2.05, 4.69) is 0 Å². The number of rotatable bonds is 8. The van der Waals surface area contributed by atoms with Crippen LogP contribution in [0.1, 0.15) is 30.9 Å². The molecule has 1 aromatic carbocycles. The highest BCUT2D eigenvalue weighted by molar-refractivity contribution is 5.84. The van der Waals surface area contributed by atoms with Crippen LogP contribution in [0.3, 0.4) is 0 Å². The lowest BCUT2D eigenvalue weighted by Gasteiger charge is -2.30. The van der Waals surface area contributed by atoms with Crippen LogP contribution >= 0.6 is 0 Å². The summed E-state index contributed by atoms with van der Waals surface area (Å²) >= 11 is 0. The minimum absolute atomic E-state index is 0.000560. The molecule has 1 aliphatic heterocycles. The van der Waals surface area contributed by atoms with Crippen molar-refractivity contribution >= 4 is 11.9 Å². The lowest BCUT2D eigenvalue weighted by molar-refractivity contribution is -0.133. The van der Waals surface area contributed by atoms with Crippen molar-refractivity contribution in [2.75, 3.05) is 34.0 Å². The van der Waals surface area contributed by atoms with Gasteiger partial charge in [-0.3, -0.25) is 4.79 Å². The quantitative estimate of drug-likeness (QED) is 0.642. The Labute approximate surface area is 183 Å². The average Bonchev–Trinajstić information content (AvgIpc) is 3.34. The lowest BCUT2D eigenvalue weighted by atomic mass is 10.1. The highest BCUT2D eigenvalue weighted by Gasteiger charge is 2.25. The molecule has 0 bridgehead atoms. The Morgan fingerprint density at radius 1 is 1.00 bits per heavy atom. The summed E-state index contributed by atoms with van der Waals surface area (Å²) in [6, 6.07) is 9.20. The maximum atomic E-state index is 13.3. The van der Waals surface area contributed by atoms with E-state index < -0.39 is 0 Å². The summed E-state index contributed by atoms with van der Waals surface area (Å²) in [4.78, 5) is 30.7. The molecule has 8 nitrogen and oxygen atoms in total. The monoisotopic (exact) mass is 429 g/mol. The van der Waals surface area contributed by atoms with Crippen molar-refractivity contribution in [3.63, 3.8) is 0 Å². The fourth-order valence-electron chi connectivity index (χ4n) is 3.45. The maximum Gasteiger partial charge on any atom is 0.319 e. The Balaban J connectivity index is 1.80. The third-order valence-electron chi connectivity index (χ3n) is 4.87. The topological polar surface area (TPSA) is 75.5 Å². The Hall–Kier alpha value is -3.16. The first kappa shape index (κ1) is 22.5. The molecule has 2 aromatic rings. The number of urea groups is 1. The number of hydrogen-bond donors (Lipinski definition) is 0. The standard InChI is InChI=1S/C23H31N3O5/c1-16(2)11-26(23(28)24(4)5)14-22(27)25(13-19-8-6-17(3)31-19)12-18-7-9-20-21(10-18)30-15-29-20/h6-10,16H,11-15H2,1-5H3. The van der Waals surface area contributed by atoms with Gasteiger partial charge in [0.2, 0.25) is 12.7 Å². The normalized spacial score (nSPS) is 12.2. The Bertz CT molecular complexity index is 922. The van der Waals surface area contributed by atoms with E-state index in [4.69, 9.17) is 13.9 Å². The summed E-state index contributed by atoms with van der Waals surface area (Å²) in [5, 5.41) is 0. The second kappa shape index (κ2) is 9.76. The fraction of sp³-hybridized carbons (Fsp3) is 0.478. The number of aryl methyl sites for hydroxylation is 1. The van der Waals surface area contributed by atoms with E-state index in [1.165, 1.54) is 4.90 Å². The first-order valence-electron chi connectivity index (χ1n) is 10.4. The molecule has 0 spiro atoms. The minimum Gasteiger partial charge on any atom is -0.464 e. The summed E-state index contributed by atoms with van der Waals surface area (Å²) in [5.74, 6) is 2.94. The first-order chi connectivity index (χ1) is 14.7. The molecule has 0 aliphatic carbocycles. The second-order valence-electron chi connectivity index (χ2n) is 8.40. The van der Waals surface area contributed by atoms with Crippen LogP contribution in [0.2, 0.25) is 0 Å². The molecule has 0 fully saturated rings. The number of nitrogens with zero attached hydrogens (tertiary/aromatic N) is 3. The number of benzene rings is 1. The average molecular weight is 430 g/mol. The van der Waals surface area contributed by atoms with Crippen molar-refractivity contribution in [3.8, 4) is 11.5 Å². The molecule has 1 aromatic heterocycles. The molecule has 0 unspecified atom stereocenters. The number of ether oxygens (including phenoxy) is 2. The maximum absolute atomic E-state index is 13.3. The van der Waals surface area contributed by atoms with Crippen LogP contribution in [0, 0.1) is 12.8 Å². The van der Waals surface area contributed by atoms with Gasteiger partial charge in [0.15, 0.2) is 11.5 Å². The van der Waals surface area contributed by atoms with Crippen LogP contribution in [0.15, 0.2) is 34.7 Å². The molecule has 3 amide bonds. The number of furan rings is 1. The van der Waals surface area contributed by atoms with Crippen molar-refractivity contribution in [1.82, 2.24) is 14.7 Å². The van der Waals surface area contributed by atoms with Gasteiger partial charge in [-0.2, -0.15) is 0 Å². The molecular formula is C23H31N3O5. The van der Waals surface area contributed by atoms with Gasteiger partial charge in [0.05, 0.1) is 6.54 Å². The number of carbonyl (C=O) groups excluding carboxylic acids is 2. The van der Waals surface area contributed by atoms with Crippen molar-refractivity contribution in [2.45, 2.75) is 33.9 Å². The van der Waals surface area contributed by atoms with Crippen molar-refractivity contribution < 1.29 is 23.5 Å². The summed E-state index contributed by atoms with van der Waals surface area (Å²) in [6.45, 7) is 7.29. The van der Waals surface area contributed by atoms with Gasteiger partial charge in [-0.05, 0) is 42.7 Å². The van der Waals surface area contributed by atoms with Crippen molar-refractivity contribution in [2.24, 2.45) is 5.92 Å². The highest BCUT2D eigenvalue weighted by atomic mass is 16.7. The summed E-state index contributed by atoms with van der Waals surface area (Å²) in [5.41, 5.74) is 0.912. The number of hydrogen-bond acceptors (Lipinski definition) is 5. The van der Waals surface area contributed by atoms with Gasteiger partial charge < -0.3 is 28.6 Å². The summed E-state index contributed by atoms with van der Waals surface area (Å²) in [6.07, 6.45) is 0. The van der Waals surface area contributed by atoms with Crippen LogP contribution in [0.5, 0.6) is 11.5 Å². The first-order valence-corrected chi connectivity index (χ1v) is 10.4. The molecule has 168 valence electrons. The molecule has 3 rings (SSSR count). The Kier molecular flexibility index (Phi) is 7.09. The zero-order valence-electron chi connectivity index (χ0n) is 18.9. The lowest BCUT2D eigenvalue weighted by Crippen LogP contribution is -2.47. The van der Waals surface area contributed by atoms with Gasteiger partial charge in [-0.25, -0.2) is 4.79 Å². The molecule has 8 heteroatoms. The Morgan fingerprint density at radius 3 is 2.39 bits per heavy atom. The molecule has 2 heterocycles. The van der Waals surface area contributed by atoms with Gasteiger partial charge in [-0.15, -0.1) is 0 Å². The summed E-state index contributed by atoms with van der Waals surface area (Å²) in [7, 11) is 3.38. The van der Waals surface area contributed by atoms with Crippen molar-refractivity contribution in [3.05, 3.63) is 47.4 Å². The fourth-order valence-corrected chi connectivity index (χ4v) is 3.45. The van der Waals surface area contributed by atoms with Crippen LogP contribution < -0.4 is 9.47 Å². The van der Waals surface area contributed by atoms with E-state index in [0.29, 0.717) is 36.9 Å². The van der Waals surface area contributed by atoms with E-state index in [0.717, 1.165) is 11.3 Å². The molecule has 31 heavy (non-hydrogen) atoms. The van der Waals surface area contributed by atoms with E-state index in [9.17, 15) is 9.59 Å². The molecule has 1 aliphatic rings. The van der Waals surface area contributed by atoms with E-state index >= 15 is 0 Å². The van der Waals surface area contributed by atoms with Gasteiger partial charge in [0.25, 0.3) is 0 Å². The highest BCUT2D eigenvalue weighted by Crippen LogP contribution is 2.33. The predicted octanol–water partition coefficient (Wildman–Crippen LogP) is 3.49. The van der Waals surface area contributed by atoms with E-state index in [1.54, 1.807) is 23.9 Å². The van der Waals surface area contributed by atoms with Crippen LogP contribution in [-0.4, -0.2) is 60.6 Å². The minimum atomic E-state index is -0.182. The van der Waals surface area contributed by atoms with Gasteiger partial charge >= 0.3 is 6.03 Å². The zero-order valence-corrected chi connectivity index (χ0v) is 18.9. The van der Waals surface area contributed by atoms with Crippen LogP contribution in [0.4, 0.5) is 4.79 Å². The largest absolute Gasteiger partial charge is 0.464 e. The Morgan fingerprint density at radius 2 is 1.74 bits per heavy atom. The third-order valence-corrected chi connectivity index (χ3v) is 4.87.